The number of likely N-dealkylation sites (tertiary alicyclic amines) is 1. The van der Waals surface area contributed by atoms with Crippen molar-refractivity contribution < 1.29 is 0 Å². The molecule has 0 N–H and O–H groups in total. The molecule has 112 valence electrons. The fourth-order valence-corrected chi connectivity index (χ4v) is 3.24. The van der Waals surface area contributed by atoms with E-state index in [0.29, 0.717) is 6.04 Å². The Morgan fingerprint density at radius 2 is 2.15 bits per heavy atom. The van der Waals surface area contributed by atoms with E-state index in [1.807, 2.05) is 0 Å². The Bertz CT molecular complexity index is 428. The summed E-state index contributed by atoms with van der Waals surface area (Å²) in [6.07, 6.45) is 8.66. The molecule has 3 heteroatoms. The van der Waals surface area contributed by atoms with Gasteiger partial charge in [-0.3, -0.25) is 4.90 Å². The molecule has 0 aliphatic carbocycles. The number of hydrogen-bond donors (Lipinski definition) is 0. The van der Waals surface area contributed by atoms with Crippen LogP contribution in [0.2, 0.25) is 0 Å². The summed E-state index contributed by atoms with van der Waals surface area (Å²) in [4.78, 5) is 9.42. The first-order chi connectivity index (χ1) is 9.63. The van der Waals surface area contributed by atoms with E-state index in [0.717, 1.165) is 5.82 Å². The zero-order valence-corrected chi connectivity index (χ0v) is 13.5. The molecule has 0 aromatic carbocycles. The minimum absolute atomic E-state index is 0.581. The van der Waals surface area contributed by atoms with Crippen LogP contribution in [0.15, 0.2) is 12.3 Å². The monoisotopic (exact) mass is 275 g/mol. The van der Waals surface area contributed by atoms with Crippen molar-refractivity contribution in [3.05, 3.63) is 23.4 Å². The highest BCUT2D eigenvalue weighted by molar-refractivity contribution is 5.46. The van der Waals surface area contributed by atoms with Gasteiger partial charge in [-0.2, -0.15) is 0 Å². The number of rotatable bonds is 5. The first kappa shape index (κ1) is 15.3. The predicted molar refractivity (Wildman–Crippen MR) is 86.4 cm³/mol. The van der Waals surface area contributed by atoms with Gasteiger partial charge in [-0.15, -0.1) is 0 Å². The van der Waals surface area contributed by atoms with Gasteiger partial charge in [0.15, 0.2) is 0 Å². The third kappa shape index (κ3) is 3.51. The van der Waals surface area contributed by atoms with Crippen LogP contribution in [0.25, 0.3) is 0 Å². The molecular weight excluding hydrogens is 246 g/mol. The smallest absolute Gasteiger partial charge is 0.130 e. The molecule has 20 heavy (non-hydrogen) atoms. The van der Waals surface area contributed by atoms with Gasteiger partial charge in [0.05, 0.1) is 0 Å². The minimum Gasteiger partial charge on any atom is -0.363 e. The Morgan fingerprint density at radius 3 is 2.80 bits per heavy atom. The highest BCUT2D eigenvalue weighted by Gasteiger charge is 2.24. The van der Waals surface area contributed by atoms with Gasteiger partial charge in [-0.1, -0.05) is 19.8 Å². The molecule has 1 saturated heterocycles. The van der Waals surface area contributed by atoms with Gasteiger partial charge < -0.3 is 4.90 Å². The summed E-state index contributed by atoms with van der Waals surface area (Å²) in [5.41, 5.74) is 2.69. The van der Waals surface area contributed by atoms with E-state index in [4.69, 9.17) is 0 Å². The lowest BCUT2D eigenvalue weighted by atomic mass is 9.95. The average Bonchev–Trinajstić information content (AvgIpc) is 2.45. The van der Waals surface area contributed by atoms with E-state index in [1.165, 1.54) is 56.3 Å². The average molecular weight is 275 g/mol. The summed E-state index contributed by atoms with van der Waals surface area (Å²) in [5.74, 6) is 1.09. The molecule has 1 aliphatic heterocycles. The quantitative estimate of drug-likeness (QED) is 0.815. The van der Waals surface area contributed by atoms with E-state index in [2.05, 4.69) is 55.0 Å². The van der Waals surface area contributed by atoms with Crippen molar-refractivity contribution in [2.75, 3.05) is 32.1 Å². The Hall–Kier alpha value is -1.09. The number of anilines is 1. The number of pyridine rings is 1. The fraction of sp³-hybridized carbons (Fsp3) is 0.706. The molecule has 1 atom stereocenters. The third-order valence-corrected chi connectivity index (χ3v) is 4.29. The Morgan fingerprint density at radius 1 is 1.35 bits per heavy atom. The van der Waals surface area contributed by atoms with Crippen molar-refractivity contribution in [1.29, 1.82) is 0 Å². The van der Waals surface area contributed by atoms with Crippen molar-refractivity contribution in [3.63, 3.8) is 0 Å². The first-order valence-corrected chi connectivity index (χ1v) is 8.01. The lowest BCUT2D eigenvalue weighted by molar-refractivity contribution is 0.146. The maximum Gasteiger partial charge on any atom is 0.130 e. The summed E-state index contributed by atoms with van der Waals surface area (Å²) in [5, 5.41) is 0. The largest absolute Gasteiger partial charge is 0.363 e. The van der Waals surface area contributed by atoms with Crippen LogP contribution in [0, 0.1) is 6.92 Å². The van der Waals surface area contributed by atoms with Crippen LogP contribution in [0.5, 0.6) is 0 Å². The molecule has 0 saturated carbocycles. The van der Waals surface area contributed by atoms with Crippen LogP contribution in [-0.2, 0) is 0 Å². The highest BCUT2D eigenvalue weighted by Crippen LogP contribution is 2.32. The van der Waals surface area contributed by atoms with Crippen molar-refractivity contribution >= 4 is 5.82 Å². The van der Waals surface area contributed by atoms with Crippen LogP contribution in [-0.4, -0.2) is 37.1 Å². The second kappa shape index (κ2) is 7.07. The Labute approximate surface area is 124 Å². The van der Waals surface area contributed by atoms with Crippen LogP contribution in [0.3, 0.4) is 0 Å². The number of nitrogens with zero attached hydrogens (tertiary/aromatic N) is 3. The van der Waals surface area contributed by atoms with Gasteiger partial charge in [-0.25, -0.2) is 4.98 Å². The van der Waals surface area contributed by atoms with Crippen LogP contribution < -0.4 is 4.90 Å². The van der Waals surface area contributed by atoms with Crippen LogP contribution in [0.1, 0.15) is 56.2 Å². The molecule has 0 amide bonds. The minimum atomic E-state index is 0.581. The van der Waals surface area contributed by atoms with Gasteiger partial charge in [0, 0.05) is 26.3 Å². The first-order valence-electron chi connectivity index (χ1n) is 8.01. The van der Waals surface area contributed by atoms with E-state index >= 15 is 0 Å². The topological polar surface area (TPSA) is 19.4 Å². The summed E-state index contributed by atoms with van der Waals surface area (Å²) < 4.78 is 0. The molecule has 3 nitrogen and oxygen atoms in total. The normalized spacial score (nSPS) is 20.1. The zero-order valence-electron chi connectivity index (χ0n) is 13.5. The Kier molecular flexibility index (Phi) is 5.41. The molecule has 1 fully saturated rings. The summed E-state index contributed by atoms with van der Waals surface area (Å²) in [7, 11) is 4.12. The molecule has 2 heterocycles. The van der Waals surface area contributed by atoms with Gasteiger partial charge in [0.25, 0.3) is 0 Å². The van der Waals surface area contributed by atoms with Gasteiger partial charge in [0.2, 0.25) is 0 Å². The van der Waals surface area contributed by atoms with Crippen molar-refractivity contribution in [1.82, 2.24) is 9.88 Å². The number of piperidine rings is 1. The number of hydrogen-bond acceptors (Lipinski definition) is 3. The molecule has 0 radical (unpaired) electrons. The van der Waals surface area contributed by atoms with Crippen molar-refractivity contribution in [2.24, 2.45) is 0 Å². The Balaban J connectivity index is 2.17. The third-order valence-electron chi connectivity index (χ3n) is 4.29. The second-order valence-electron chi connectivity index (χ2n) is 6.20. The lowest BCUT2D eigenvalue weighted by Crippen LogP contribution is -2.34. The summed E-state index contributed by atoms with van der Waals surface area (Å²) in [6, 6.07) is 2.93. The van der Waals surface area contributed by atoms with E-state index in [-0.39, 0.29) is 0 Å². The van der Waals surface area contributed by atoms with Crippen molar-refractivity contribution in [3.8, 4) is 0 Å². The van der Waals surface area contributed by atoms with Crippen LogP contribution in [0.4, 0.5) is 5.82 Å². The number of unbranched alkanes of at least 4 members (excludes halogenated alkanes) is 1. The number of aryl methyl sites for hydroxylation is 1. The molecule has 0 unspecified atom stereocenters. The molecule has 1 aromatic heterocycles. The fourth-order valence-electron chi connectivity index (χ4n) is 3.24. The van der Waals surface area contributed by atoms with E-state index < -0.39 is 0 Å². The second-order valence-corrected chi connectivity index (χ2v) is 6.20. The zero-order chi connectivity index (χ0) is 14.5. The SMILES string of the molecule is CCCCN1CCCC[C@H]1c1cnc(N(C)C)c(C)c1. The standard InChI is InChI=1S/C17H29N3/c1-5-6-10-20-11-8-7-9-16(20)15-12-14(2)17(18-13-15)19(3)4/h12-13,16H,5-11H2,1-4H3/t16-/m0/s1. The molecule has 1 aliphatic rings. The van der Waals surface area contributed by atoms with E-state index in [1.54, 1.807) is 0 Å². The van der Waals surface area contributed by atoms with Gasteiger partial charge in [0.1, 0.15) is 5.82 Å². The maximum absolute atomic E-state index is 4.67. The molecule has 1 aromatic rings. The van der Waals surface area contributed by atoms with Crippen molar-refractivity contribution in [2.45, 2.75) is 52.0 Å². The predicted octanol–water partition coefficient (Wildman–Crippen LogP) is 3.78. The van der Waals surface area contributed by atoms with Gasteiger partial charge in [-0.05, 0) is 56.5 Å². The highest BCUT2D eigenvalue weighted by atomic mass is 15.2. The van der Waals surface area contributed by atoms with E-state index in [9.17, 15) is 0 Å². The van der Waals surface area contributed by atoms with Gasteiger partial charge >= 0.3 is 0 Å². The molecule has 0 spiro atoms. The summed E-state index contributed by atoms with van der Waals surface area (Å²) in [6.45, 7) is 6.93. The lowest BCUT2D eigenvalue weighted by Gasteiger charge is -2.36. The van der Waals surface area contributed by atoms with Crippen LogP contribution >= 0.6 is 0 Å². The maximum atomic E-state index is 4.67. The summed E-state index contributed by atoms with van der Waals surface area (Å²) >= 11 is 0. The molecular formula is C17H29N3. The number of aromatic nitrogens is 1. The molecule has 2 rings (SSSR count). The molecule has 0 bridgehead atoms.